The third kappa shape index (κ3) is 2.95. The third-order valence-electron chi connectivity index (χ3n) is 2.56. The van der Waals surface area contributed by atoms with E-state index in [1.54, 1.807) is 7.05 Å². The molecule has 0 unspecified atom stereocenters. The number of hydrogen-bond donors (Lipinski definition) is 1. The highest BCUT2D eigenvalue weighted by Gasteiger charge is 2.23. The van der Waals surface area contributed by atoms with Crippen LogP contribution in [0, 0.1) is 4.91 Å². The van der Waals surface area contributed by atoms with Crippen molar-refractivity contribution in [2.45, 2.75) is 18.9 Å². The fraction of sp³-hybridized carbons (Fsp3) is 0.875. The minimum absolute atomic E-state index is 0.0547. The largest absolute Gasteiger partial charge is 0.480 e. The number of hydrogen-bond acceptors (Lipinski definition) is 4. The first-order valence-electron chi connectivity index (χ1n) is 4.63. The number of aliphatic carboxylic acids is 1. The van der Waals surface area contributed by atoms with Gasteiger partial charge in [-0.2, -0.15) is 0 Å². The van der Waals surface area contributed by atoms with Crippen LogP contribution in [0.5, 0.6) is 0 Å². The molecule has 0 radical (unpaired) electrons. The normalized spacial score (nSPS) is 18.6. The fourth-order valence-electron chi connectivity index (χ4n) is 1.72. The summed E-state index contributed by atoms with van der Waals surface area (Å²) < 4.78 is 0. The maximum absolute atomic E-state index is 10.5. The summed E-state index contributed by atoms with van der Waals surface area (Å²) in [6.07, 6.45) is 1.60. The van der Waals surface area contributed by atoms with Gasteiger partial charge in [0.25, 0.3) is 0 Å². The van der Waals surface area contributed by atoms with E-state index in [0.717, 1.165) is 12.8 Å². The van der Waals surface area contributed by atoms with Gasteiger partial charge in [0.15, 0.2) is 0 Å². The molecule has 0 saturated carbocycles. The average molecular weight is 201 g/mol. The molecule has 0 bridgehead atoms. The zero-order chi connectivity index (χ0) is 10.6. The van der Waals surface area contributed by atoms with Crippen molar-refractivity contribution in [2.75, 3.05) is 26.7 Å². The Balaban J connectivity index is 2.33. The highest BCUT2D eigenvalue weighted by molar-refractivity contribution is 5.69. The van der Waals surface area contributed by atoms with Gasteiger partial charge in [-0.3, -0.25) is 14.7 Å². The van der Waals surface area contributed by atoms with E-state index in [9.17, 15) is 9.70 Å². The minimum atomic E-state index is -0.816. The number of likely N-dealkylation sites (N-methyl/N-ethyl adjacent to an activating group) is 1. The molecule has 0 spiro atoms. The minimum Gasteiger partial charge on any atom is -0.480 e. The summed E-state index contributed by atoms with van der Waals surface area (Å²) in [7, 11) is 1.79. The average Bonchev–Trinajstić information content (AvgIpc) is 2.17. The Labute approximate surface area is 82.4 Å². The van der Waals surface area contributed by atoms with Crippen molar-refractivity contribution in [3.8, 4) is 0 Å². The molecule has 0 aromatic rings. The Morgan fingerprint density at radius 2 is 2.14 bits per heavy atom. The first kappa shape index (κ1) is 10.9. The first-order chi connectivity index (χ1) is 6.63. The van der Waals surface area contributed by atoms with Gasteiger partial charge in [-0.1, -0.05) is 0 Å². The van der Waals surface area contributed by atoms with E-state index in [1.807, 2.05) is 4.90 Å². The molecule has 0 aromatic carbocycles. The van der Waals surface area contributed by atoms with Gasteiger partial charge in [-0.25, -0.2) is 0 Å². The molecule has 1 N–H and O–H groups in total. The third-order valence-corrected chi connectivity index (χ3v) is 2.56. The van der Waals surface area contributed by atoms with E-state index in [4.69, 9.17) is 5.11 Å². The number of carboxylic acid groups (broad SMARTS) is 1. The van der Waals surface area contributed by atoms with E-state index in [1.165, 1.54) is 5.01 Å². The molecule has 1 saturated heterocycles. The van der Waals surface area contributed by atoms with Gasteiger partial charge in [-0.15, -0.1) is 4.91 Å². The van der Waals surface area contributed by atoms with Crippen molar-refractivity contribution >= 4 is 5.97 Å². The predicted octanol–water partition coefficient (Wildman–Crippen LogP) is 0.149. The van der Waals surface area contributed by atoms with Crippen LogP contribution in [0.4, 0.5) is 0 Å². The molecule has 1 rings (SSSR count). The van der Waals surface area contributed by atoms with Crippen LogP contribution in [0.3, 0.4) is 0 Å². The molecule has 0 aromatic heterocycles. The Bertz CT molecular complexity index is 214. The highest BCUT2D eigenvalue weighted by Crippen LogP contribution is 2.14. The first-order valence-corrected chi connectivity index (χ1v) is 4.63. The van der Waals surface area contributed by atoms with E-state index in [-0.39, 0.29) is 12.6 Å². The second-order valence-electron chi connectivity index (χ2n) is 3.58. The van der Waals surface area contributed by atoms with Gasteiger partial charge in [0.1, 0.15) is 0 Å². The summed E-state index contributed by atoms with van der Waals surface area (Å²) in [5, 5.41) is 12.9. The van der Waals surface area contributed by atoms with E-state index < -0.39 is 5.97 Å². The molecule has 1 heterocycles. The summed E-state index contributed by atoms with van der Waals surface area (Å²) in [4.78, 5) is 22.4. The lowest BCUT2D eigenvalue weighted by Gasteiger charge is -2.33. The van der Waals surface area contributed by atoms with Crippen LogP contribution in [-0.2, 0) is 4.79 Å². The summed E-state index contributed by atoms with van der Waals surface area (Å²) in [5.74, 6) is -0.816. The zero-order valence-corrected chi connectivity index (χ0v) is 8.22. The molecule has 14 heavy (non-hydrogen) atoms. The van der Waals surface area contributed by atoms with E-state index >= 15 is 0 Å². The van der Waals surface area contributed by atoms with Crippen molar-refractivity contribution in [1.29, 1.82) is 0 Å². The monoisotopic (exact) mass is 201 g/mol. The smallest absolute Gasteiger partial charge is 0.317 e. The van der Waals surface area contributed by atoms with Crippen molar-refractivity contribution in [3.05, 3.63) is 4.91 Å². The van der Waals surface area contributed by atoms with Crippen molar-refractivity contribution < 1.29 is 9.90 Å². The molecule has 6 nitrogen and oxygen atoms in total. The zero-order valence-electron chi connectivity index (χ0n) is 8.22. The maximum Gasteiger partial charge on any atom is 0.317 e. The molecule has 80 valence electrons. The van der Waals surface area contributed by atoms with Crippen molar-refractivity contribution in [2.24, 2.45) is 5.29 Å². The molecule has 1 aliphatic rings. The van der Waals surface area contributed by atoms with Crippen LogP contribution >= 0.6 is 0 Å². The highest BCUT2D eigenvalue weighted by atomic mass is 16.4. The van der Waals surface area contributed by atoms with Gasteiger partial charge in [-0.05, 0) is 19.9 Å². The van der Waals surface area contributed by atoms with Crippen molar-refractivity contribution in [1.82, 2.24) is 9.91 Å². The van der Waals surface area contributed by atoms with Gasteiger partial charge < -0.3 is 5.11 Å². The number of nitrogens with zero attached hydrogens (tertiary/aromatic N) is 3. The molecule has 6 heteroatoms. The predicted molar refractivity (Wildman–Crippen MR) is 50.7 cm³/mol. The summed E-state index contributed by atoms with van der Waals surface area (Å²) in [5.41, 5.74) is 0. The molecular formula is C8H15N3O3. The summed E-state index contributed by atoms with van der Waals surface area (Å²) in [6.45, 7) is 1.30. The fourth-order valence-corrected chi connectivity index (χ4v) is 1.72. The van der Waals surface area contributed by atoms with Crippen LogP contribution < -0.4 is 0 Å². The molecule has 1 aliphatic heterocycles. The standard InChI is InChI=1S/C8H15N3O3/c1-10(6-8(12)13)7-2-4-11(9-14)5-3-7/h7H,2-6H2,1H3,(H,12,13). The lowest BCUT2D eigenvalue weighted by molar-refractivity contribution is -0.138. The molecule has 0 atom stereocenters. The number of rotatable bonds is 4. The lowest BCUT2D eigenvalue weighted by Crippen LogP contribution is -2.43. The maximum atomic E-state index is 10.5. The van der Waals surface area contributed by atoms with Gasteiger partial charge in [0.2, 0.25) is 0 Å². The second-order valence-corrected chi connectivity index (χ2v) is 3.58. The Morgan fingerprint density at radius 1 is 1.57 bits per heavy atom. The van der Waals surface area contributed by atoms with Gasteiger partial charge in [0.05, 0.1) is 11.8 Å². The summed E-state index contributed by atoms with van der Waals surface area (Å²) in [6, 6.07) is 0.254. The van der Waals surface area contributed by atoms with Gasteiger partial charge >= 0.3 is 5.97 Å². The number of piperidine rings is 1. The number of carbonyl (C=O) groups is 1. The van der Waals surface area contributed by atoms with E-state index in [0.29, 0.717) is 13.1 Å². The molecule has 1 fully saturated rings. The van der Waals surface area contributed by atoms with Crippen LogP contribution in [-0.4, -0.2) is 53.7 Å². The Hall–Kier alpha value is -1.17. The van der Waals surface area contributed by atoms with Crippen LogP contribution in [0.1, 0.15) is 12.8 Å². The Morgan fingerprint density at radius 3 is 2.57 bits per heavy atom. The second kappa shape index (κ2) is 4.90. The topological polar surface area (TPSA) is 73.2 Å². The Kier molecular flexibility index (Phi) is 3.82. The van der Waals surface area contributed by atoms with Gasteiger partial charge in [0, 0.05) is 19.1 Å². The van der Waals surface area contributed by atoms with Crippen molar-refractivity contribution in [3.63, 3.8) is 0 Å². The number of carboxylic acids is 1. The van der Waals surface area contributed by atoms with Crippen LogP contribution in [0.2, 0.25) is 0 Å². The molecule has 0 amide bonds. The quantitative estimate of drug-likeness (QED) is 0.655. The van der Waals surface area contributed by atoms with Crippen LogP contribution in [0.25, 0.3) is 0 Å². The molecule has 0 aliphatic carbocycles. The van der Waals surface area contributed by atoms with Crippen LogP contribution in [0.15, 0.2) is 5.29 Å². The SMILES string of the molecule is CN(CC(=O)O)C1CCN(N=O)CC1. The summed E-state index contributed by atoms with van der Waals surface area (Å²) >= 11 is 0. The molecular weight excluding hydrogens is 186 g/mol. The van der Waals surface area contributed by atoms with E-state index in [2.05, 4.69) is 5.29 Å². The number of nitroso groups, excluding NO2 is 1. The lowest BCUT2D eigenvalue weighted by atomic mass is 10.1.